The summed E-state index contributed by atoms with van der Waals surface area (Å²) in [5.41, 5.74) is 1.39. The molecule has 126 valence electrons. The van der Waals surface area contributed by atoms with Crippen LogP contribution in [0.1, 0.15) is 50.0 Å². The fraction of sp³-hybridized carbons (Fsp3) is 0.350. The highest BCUT2D eigenvalue weighted by Crippen LogP contribution is 2.39. The summed E-state index contributed by atoms with van der Waals surface area (Å²) in [6, 6.07) is 16.9. The number of carbonyl (C=O) groups excluding carboxylic acids is 1. The number of amides is 1. The largest absolute Gasteiger partial charge is 0.487 e. The van der Waals surface area contributed by atoms with Crippen LogP contribution in [0.4, 0.5) is 0 Å². The van der Waals surface area contributed by atoms with Crippen molar-refractivity contribution in [2.45, 2.75) is 44.4 Å². The SMILES string of the molecule is CC1(C)CC(NC(=O)CC(O)c2ccccc2)c2ccccc2O1. The molecule has 0 spiro atoms. The zero-order valence-corrected chi connectivity index (χ0v) is 14.0. The number of aliphatic hydroxyl groups is 1. The van der Waals surface area contributed by atoms with Crippen LogP contribution in [0.3, 0.4) is 0 Å². The van der Waals surface area contributed by atoms with Gasteiger partial charge in [-0.2, -0.15) is 0 Å². The van der Waals surface area contributed by atoms with Crippen LogP contribution in [0, 0.1) is 0 Å². The Morgan fingerprint density at radius 1 is 1.21 bits per heavy atom. The number of hydrogen-bond donors (Lipinski definition) is 2. The Hall–Kier alpha value is -2.33. The van der Waals surface area contributed by atoms with Crippen LogP contribution < -0.4 is 10.1 Å². The van der Waals surface area contributed by atoms with Crippen molar-refractivity contribution in [3.05, 3.63) is 65.7 Å². The summed E-state index contributed by atoms with van der Waals surface area (Å²) < 4.78 is 5.98. The number of fused-ring (bicyclic) bond motifs is 1. The molecule has 1 heterocycles. The fourth-order valence-corrected chi connectivity index (χ4v) is 3.15. The second kappa shape index (κ2) is 6.65. The predicted octanol–water partition coefficient (Wildman–Crippen LogP) is 3.53. The van der Waals surface area contributed by atoms with Crippen molar-refractivity contribution in [1.29, 1.82) is 0 Å². The van der Waals surface area contributed by atoms with Gasteiger partial charge in [0.05, 0.1) is 18.6 Å². The van der Waals surface area contributed by atoms with Crippen molar-refractivity contribution < 1.29 is 14.6 Å². The second-order valence-electron chi connectivity index (χ2n) is 6.85. The molecule has 4 nitrogen and oxygen atoms in total. The second-order valence-corrected chi connectivity index (χ2v) is 6.85. The summed E-state index contributed by atoms with van der Waals surface area (Å²) in [5, 5.41) is 13.3. The minimum atomic E-state index is -0.797. The van der Waals surface area contributed by atoms with Gasteiger partial charge in [0.25, 0.3) is 0 Å². The van der Waals surface area contributed by atoms with E-state index in [2.05, 4.69) is 5.32 Å². The molecule has 0 aromatic heterocycles. The van der Waals surface area contributed by atoms with Crippen LogP contribution in [-0.4, -0.2) is 16.6 Å². The Labute approximate surface area is 142 Å². The summed E-state index contributed by atoms with van der Waals surface area (Å²) in [4.78, 5) is 12.4. The van der Waals surface area contributed by atoms with Gasteiger partial charge in [-0.3, -0.25) is 4.79 Å². The van der Waals surface area contributed by atoms with Gasteiger partial charge in [0.1, 0.15) is 11.4 Å². The van der Waals surface area contributed by atoms with E-state index in [9.17, 15) is 9.90 Å². The summed E-state index contributed by atoms with van der Waals surface area (Å²) in [6.07, 6.45) is -0.0597. The maximum Gasteiger partial charge on any atom is 0.223 e. The lowest BCUT2D eigenvalue weighted by Crippen LogP contribution is -2.41. The van der Waals surface area contributed by atoms with E-state index < -0.39 is 6.10 Å². The normalized spacial score (nSPS) is 19.7. The number of rotatable bonds is 4. The Morgan fingerprint density at radius 3 is 2.62 bits per heavy atom. The molecule has 2 N–H and O–H groups in total. The molecule has 0 radical (unpaired) electrons. The van der Waals surface area contributed by atoms with Crippen LogP contribution in [0.25, 0.3) is 0 Å². The molecule has 0 saturated carbocycles. The van der Waals surface area contributed by atoms with Crippen molar-refractivity contribution in [2.75, 3.05) is 0 Å². The lowest BCUT2D eigenvalue weighted by molar-refractivity contribution is -0.124. The predicted molar refractivity (Wildman–Crippen MR) is 92.7 cm³/mol. The quantitative estimate of drug-likeness (QED) is 0.904. The molecule has 0 saturated heterocycles. The van der Waals surface area contributed by atoms with E-state index in [0.29, 0.717) is 6.42 Å². The highest BCUT2D eigenvalue weighted by molar-refractivity contribution is 5.77. The molecule has 0 aliphatic carbocycles. The Balaban J connectivity index is 1.70. The van der Waals surface area contributed by atoms with E-state index in [4.69, 9.17) is 4.74 Å². The third-order valence-electron chi connectivity index (χ3n) is 4.27. The molecule has 3 rings (SSSR count). The summed E-state index contributed by atoms with van der Waals surface area (Å²) in [5.74, 6) is 0.645. The average Bonchev–Trinajstić information content (AvgIpc) is 2.54. The zero-order valence-electron chi connectivity index (χ0n) is 14.0. The van der Waals surface area contributed by atoms with Gasteiger partial charge in [-0.05, 0) is 25.5 Å². The minimum Gasteiger partial charge on any atom is -0.487 e. The van der Waals surface area contributed by atoms with Gasteiger partial charge in [0.15, 0.2) is 0 Å². The average molecular weight is 325 g/mol. The highest BCUT2D eigenvalue weighted by atomic mass is 16.5. The van der Waals surface area contributed by atoms with E-state index in [1.165, 1.54) is 0 Å². The highest BCUT2D eigenvalue weighted by Gasteiger charge is 2.34. The standard InChI is InChI=1S/C20H23NO3/c1-20(2)13-16(15-10-6-7-11-18(15)24-20)21-19(23)12-17(22)14-8-4-3-5-9-14/h3-11,16-17,22H,12-13H2,1-2H3,(H,21,23). The smallest absolute Gasteiger partial charge is 0.223 e. The van der Waals surface area contributed by atoms with E-state index in [1.807, 2.05) is 68.4 Å². The Kier molecular flexibility index (Phi) is 4.58. The van der Waals surface area contributed by atoms with Crippen LogP contribution in [0.15, 0.2) is 54.6 Å². The molecular formula is C20H23NO3. The molecule has 1 amide bonds. The molecule has 2 aromatic rings. The number of para-hydroxylation sites is 1. The zero-order chi connectivity index (χ0) is 17.2. The first-order valence-electron chi connectivity index (χ1n) is 8.25. The first-order chi connectivity index (χ1) is 11.4. The van der Waals surface area contributed by atoms with Crippen LogP contribution in [-0.2, 0) is 4.79 Å². The van der Waals surface area contributed by atoms with Crippen LogP contribution in [0.5, 0.6) is 5.75 Å². The van der Waals surface area contributed by atoms with E-state index >= 15 is 0 Å². The van der Waals surface area contributed by atoms with Gasteiger partial charge in [0, 0.05) is 12.0 Å². The van der Waals surface area contributed by atoms with Gasteiger partial charge < -0.3 is 15.2 Å². The molecule has 1 aliphatic heterocycles. The maximum atomic E-state index is 12.4. The third-order valence-corrected chi connectivity index (χ3v) is 4.27. The molecule has 0 bridgehead atoms. The molecule has 2 atom stereocenters. The van der Waals surface area contributed by atoms with Crippen molar-refractivity contribution in [2.24, 2.45) is 0 Å². The number of carbonyl (C=O) groups is 1. The monoisotopic (exact) mass is 325 g/mol. The number of benzene rings is 2. The molecule has 4 heteroatoms. The van der Waals surface area contributed by atoms with Crippen molar-refractivity contribution in [3.63, 3.8) is 0 Å². The molecule has 1 aliphatic rings. The fourth-order valence-electron chi connectivity index (χ4n) is 3.15. The summed E-state index contributed by atoms with van der Waals surface area (Å²) in [7, 11) is 0. The third kappa shape index (κ3) is 3.77. The van der Waals surface area contributed by atoms with E-state index in [1.54, 1.807) is 0 Å². The van der Waals surface area contributed by atoms with E-state index in [0.717, 1.165) is 16.9 Å². The number of nitrogens with one attached hydrogen (secondary N) is 1. The lowest BCUT2D eigenvalue weighted by atomic mass is 9.89. The van der Waals surface area contributed by atoms with Crippen LogP contribution >= 0.6 is 0 Å². The van der Waals surface area contributed by atoms with Crippen molar-refractivity contribution >= 4 is 5.91 Å². The van der Waals surface area contributed by atoms with Gasteiger partial charge >= 0.3 is 0 Å². The molecular weight excluding hydrogens is 302 g/mol. The topological polar surface area (TPSA) is 58.6 Å². The number of ether oxygens (including phenoxy) is 1. The number of aliphatic hydroxyl groups excluding tert-OH is 1. The first kappa shape index (κ1) is 16.5. The van der Waals surface area contributed by atoms with E-state index in [-0.39, 0.29) is 24.0 Å². The summed E-state index contributed by atoms with van der Waals surface area (Å²) in [6.45, 7) is 4.03. The minimum absolute atomic E-state index is 0.0456. The Bertz CT molecular complexity index is 712. The van der Waals surface area contributed by atoms with Gasteiger partial charge in [-0.15, -0.1) is 0 Å². The lowest BCUT2D eigenvalue weighted by Gasteiger charge is -2.38. The summed E-state index contributed by atoms with van der Waals surface area (Å²) >= 11 is 0. The molecule has 2 aromatic carbocycles. The molecule has 2 unspecified atom stereocenters. The van der Waals surface area contributed by atoms with Crippen molar-refractivity contribution in [3.8, 4) is 5.75 Å². The first-order valence-corrected chi connectivity index (χ1v) is 8.25. The maximum absolute atomic E-state index is 12.4. The number of hydrogen-bond acceptors (Lipinski definition) is 3. The van der Waals surface area contributed by atoms with Gasteiger partial charge in [-0.25, -0.2) is 0 Å². The van der Waals surface area contributed by atoms with Crippen molar-refractivity contribution in [1.82, 2.24) is 5.32 Å². The molecule has 24 heavy (non-hydrogen) atoms. The Morgan fingerprint density at radius 2 is 1.88 bits per heavy atom. The molecule has 0 fully saturated rings. The van der Waals surface area contributed by atoms with Gasteiger partial charge in [0.2, 0.25) is 5.91 Å². The van der Waals surface area contributed by atoms with Gasteiger partial charge in [-0.1, -0.05) is 48.5 Å². The van der Waals surface area contributed by atoms with Crippen LogP contribution in [0.2, 0.25) is 0 Å².